The van der Waals surface area contributed by atoms with Gasteiger partial charge in [0.05, 0.1) is 21.3 Å². The summed E-state index contributed by atoms with van der Waals surface area (Å²) in [6, 6.07) is 4.21. The third-order valence-corrected chi connectivity index (χ3v) is 5.03. The van der Waals surface area contributed by atoms with Crippen LogP contribution in [-0.4, -0.2) is 52.3 Å². The smallest absolute Gasteiger partial charge is 0.305 e. The first-order valence-corrected chi connectivity index (χ1v) is 8.54. The predicted molar refractivity (Wildman–Crippen MR) is 93.9 cm³/mol. The first kappa shape index (κ1) is 18.6. The second kappa shape index (κ2) is 8.38. The van der Waals surface area contributed by atoms with E-state index in [1.807, 2.05) is 0 Å². The van der Waals surface area contributed by atoms with Crippen molar-refractivity contribution in [3.63, 3.8) is 0 Å². The van der Waals surface area contributed by atoms with Crippen molar-refractivity contribution >= 4 is 5.97 Å². The van der Waals surface area contributed by atoms with Crippen molar-refractivity contribution in [3.8, 4) is 11.5 Å². The van der Waals surface area contributed by atoms with Crippen molar-refractivity contribution in [1.82, 2.24) is 4.90 Å². The van der Waals surface area contributed by atoms with Crippen LogP contribution in [-0.2, 0) is 16.0 Å². The van der Waals surface area contributed by atoms with Crippen molar-refractivity contribution < 1.29 is 19.0 Å². The molecular formula is C19H29NO4. The van der Waals surface area contributed by atoms with Gasteiger partial charge >= 0.3 is 5.97 Å². The number of ether oxygens (including phenoxy) is 3. The maximum atomic E-state index is 11.8. The van der Waals surface area contributed by atoms with Crippen LogP contribution < -0.4 is 9.47 Å². The van der Waals surface area contributed by atoms with Crippen LogP contribution in [0.3, 0.4) is 0 Å². The summed E-state index contributed by atoms with van der Waals surface area (Å²) in [5.41, 5.74) is 2.25. The van der Waals surface area contributed by atoms with Crippen LogP contribution >= 0.6 is 0 Å². The number of likely N-dealkylation sites (N-methyl/N-ethyl adjacent to an activating group) is 1. The number of carbonyl (C=O) groups excluding carboxylic acids is 1. The van der Waals surface area contributed by atoms with Crippen LogP contribution in [0, 0.1) is 5.92 Å². The number of methoxy groups -OCH3 is 3. The van der Waals surface area contributed by atoms with E-state index in [2.05, 4.69) is 31.0 Å². The fraction of sp³-hybridized carbons (Fsp3) is 0.632. The van der Waals surface area contributed by atoms with Crippen molar-refractivity contribution in [2.75, 3.05) is 41.5 Å². The Labute approximate surface area is 144 Å². The maximum Gasteiger partial charge on any atom is 0.305 e. The zero-order valence-corrected chi connectivity index (χ0v) is 15.4. The van der Waals surface area contributed by atoms with Gasteiger partial charge < -0.3 is 19.1 Å². The van der Waals surface area contributed by atoms with E-state index < -0.39 is 0 Å². The molecule has 0 radical (unpaired) electrons. The summed E-state index contributed by atoms with van der Waals surface area (Å²) in [6.45, 7) is 4.01. The molecule has 2 rings (SSSR count). The van der Waals surface area contributed by atoms with Crippen LogP contribution in [0.25, 0.3) is 0 Å². The Hall–Kier alpha value is -1.75. The molecule has 5 heteroatoms. The molecule has 0 aliphatic carbocycles. The Kier molecular flexibility index (Phi) is 6.49. The summed E-state index contributed by atoms with van der Waals surface area (Å²) in [5.74, 6) is 2.11. The average Bonchev–Trinajstić information content (AvgIpc) is 2.61. The summed E-state index contributed by atoms with van der Waals surface area (Å²) in [4.78, 5) is 14.1. The van der Waals surface area contributed by atoms with E-state index in [0.29, 0.717) is 6.42 Å². The normalized spacial score (nSPS) is 21.4. The van der Waals surface area contributed by atoms with Gasteiger partial charge in [-0.1, -0.05) is 6.92 Å². The number of benzene rings is 1. The van der Waals surface area contributed by atoms with Crippen LogP contribution in [0.4, 0.5) is 0 Å². The highest BCUT2D eigenvalue weighted by molar-refractivity contribution is 5.69. The van der Waals surface area contributed by atoms with E-state index in [-0.39, 0.29) is 17.8 Å². The molecule has 0 bridgehead atoms. The molecule has 2 atom stereocenters. The molecule has 2 unspecified atom stereocenters. The first-order valence-electron chi connectivity index (χ1n) is 8.54. The number of hydrogen-bond donors (Lipinski definition) is 0. The molecule has 5 nitrogen and oxygen atoms in total. The van der Waals surface area contributed by atoms with Crippen molar-refractivity contribution in [2.24, 2.45) is 5.92 Å². The lowest BCUT2D eigenvalue weighted by Gasteiger charge is -2.37. The largest absolute Gasteiger partial charge is 0.496 e. The summed E-state index contributed by atoms with van der Waals surface area (Å²) < 4.78 is 16.1. The molecule has 0 amide bonds. The number of likely N-dealkylation sites (tertiary alicyclic amines) is 1. The Morgan fingerprint density at radius 2 is 1.83 bits per heavy atom. The minimum atomic E-state index is -0.140. The van der Waals surface area contributed by atoms with Crippen LogP contribution in [0.2, 0.25) is 0 Å². The Morgan fingerprint density at radius 1 is 1.21 bits per heavy atom. The molecule has 1 aliphatic heterocycles. The van der Waals surface area contributed by atoms with E-state index in [0.717, 1.165) is 43.0 Å². The summed E-state index contributed by atoms with van der Waals surface area (Å²) >= 11 is 0. The van der Waals surface area contributed by atoms with Crippen LogP contribution in [0.1, 0.15) is 36.8 Å². The molecule has 1 fully saturated rings. The minimum Gasteiger partial charge on any atom is -0.496 e. The minimum absolute atomic E-state index is 0.140. The van der Waals surface area contributed by atoms with Gasteiger partial charge in [-0.05, 0) is 50.0 Å². The quantitative estimate of drug-likeness (QED) is 0.748. The van der Waals surface area contributed by atoms with Gasteiger partial charge in [0.1, 0.15) is 11.5 Å². The van der Waals surface area contributed by atoms with Gasteiger partial charge in [0.25, 0.3) is 0 Å². The molecule has 24 heavy (non-hydrogen) atoms. The Balaban J connectivity index is 2.39. The highest BCUT2D eigenvalue weighted by atomic mass is 16.5. The van der Waals surface area contributed by atoms with Gasteiger partial charge in [-0.25, -0.2) is 0 Å². The van der Waals surface area contributed by atoms with E-state index in [4.69, 9.17) is 14.2 Å². The zero-order chi connectivity index (χ0) is 17.7. The average molecular weight is 335 g/mol. The van der Waals surface area contributed by atoms with Crippen molar-refractivity contribution in [1.29, 1.82) is 0 Å². The van der Waals surface area contributed by atoms with Crippen LogP contribution in [0.5, 0.6) is 11.5 Å². The SMILES string of the molecule is CCc1c(OC)cc(C2CN(C)CCC2CC(=O)OC)cc1OC. The summed E-state index contributed by atoms with van der Waals surface area (Å²) in [6.07, 6.45) is 2.29. The molecule has 0 spiro atoms. The fourth-order valence-electron chi connectivity index (χ4n) is 3.65. The molecule has 0 saturated carbocycles. The number of esters is 1. The molecule has 1 saturated heterocycles. The van der Waals surface area contributed by atoms with E-state index in [9.17, 15) is 4.79 Å². The number of nitrogens with zero attached hydrogens (tertiary/aromatic N) is 1. The van der Waals surface area contributed by atoms with Crippen molar-refractivity contribution in [3.05, 3.63) is 23.3 Å². The third-order valence-electron chi connectivity index (χ3n) is 5.03. The number of carbonyl (C=O) groups is 1. The monoisotopic (exact) mass is 335 g/mol. The summed E-state index contributed by atoms with van der Waals surface area (Å²) in [7, 11) is 6.96. The molecule has 1 aromatic carbocycles. The van der Waals surface area contributed by atoms with Gasteiger partial charge in [-0.3, -0.25) is 4.79 Å². The van der Waals surface area contributed by atoms with Gasteiger partial charge in [0.15, 0.2) is 0 Å². The lowest BCUT2D eigenvalue weighted by Crippen LogP contribution is -2.37. The van der Waals surface area contributed by atoms with Crippen LogP contribution in [0.15, 0.2) is 12.1 Å². The highest BCUT2D eigenvalue weighted by Gasteiger charge is 2.32. The third kappa shape index (κ3) is 4.01. The van der Waals surface area contributed by atoms with E-state index >= 15 is 0 Å². The zero-order valence-electron chi connectivity index (χ0n) is 15.4. The summed E-state index contributed by atoms with van der Waals surface area (Å²) in [5, 5.41) is 0. The molecule has 1 aliphatic rings. The molecule has 0 N–H and O–H groups in total. The number of piperidine rings is 1. The second-order valence-electron chi connectivity index (χ2n) is 6.46. The Morgan fingerprint density at radius 3 is 2.33 bits per heavy atom. The standard InChI is InChI=1S/C19H29NO4/c1-6-15-17(22-3)9-14(10-18(15)23-4)16-12-20(2)8-7-13(16)11-19(21)24-5/h9-10,13,16H,6-8,11-12H2,1-5H3. The topological polar surface area (TPSA) is 48.0 Å². The highest BCUT2D eigenvalue weighted by Crippen LogP contribution is 2.40. The maximum absolute atomic E-state index is 11.8. The molecule has 0 aromatic heterocycles. The number of rotatable bonds is 6. The van der Waals surface area contributed by atoms with E-state index in [1.165, 1.54) is 12.7 Å². The fourth-order valence-corrected chi connectivity index (χ4v) is 3.65. The molecular weight excluding hydrogens is 306 g/mol. The van der Waals surface area contributed by atoms with Gasteiger partial charge in [0.2, 0.25) is 0 Å². The van der Waals surface area contributed by atoms with Gasteiger partial charge in [-0.2, -0.15) is 0 Å². The molecule has 1 heterocycles. The Bertz CT molecular complexity index is 547. The molecule has 1 aromatic rings. The van der Waals surface area contributed by atoms with Gasteiger partial charge in [0, 0.05) is 24.4 Å². The molecule has 134 valence electrons. The second-order valence-corrected chi connectivity index (χ2v) is 6.46. The lowest BCUT2D eigenvalue weighted by molar-refractivity contribution is -0.142. The van der Waals surface area contributed by atoms with Gasteiger partial charge in [-0.15, -0.1) is 0 Å². The predicted octanol–water partition coefficient (Wildman–Crippen LogP) is 2.86. The lowest BCUT2D eigenvalue weighted by atomic mass is 9.78. The van der Waals surface area contributed by atoms with E-state index in [1.54, 1.807) is 14.2 Å². The van der Waals surface area contributed by atoms with Crippen molar-refractivity contribution in [2.45, 2.75) is 32.1 Å². The number of hydrogen-bond acceptors (Lipinski definition) is 5. The first-order chi connectivity index (χ1) is 11.5.